The number of nitrogens with zero attached hydrogens (tertiary/aromatic N) is 2. The maximum absolute atomic E-state index is 9.69. The Bertz CT molecular complexity index is 746. The fraction of sp³-hybridized carbons (Fsp3) is 0.455. The topological polar surface area (TPSA) is 65.4 Å². The summed E-state index contributed by atoms with van der Waals surface area (Å²) < 4.78 is 10.8. The van der Waals surface area contributed by atoms with Gasteiger partial charge in [0.15, 0.2) is 0 Å². The van der Waals surface area contributed by atoms with Crippen molar-refractivity contribution in [3.8, 4) is 17.2 Å². The number of piperazine rings is 1. The van der Waals surface area contributed by atoms with Crippen molar-refractivity contribution in [1.29, 1.82) is 0 Å². The van der Waals surface area contributed by atoms with Crippen molar-refractivity contribution in [3.05, 3.63) is 53.6 Å². The van der Waals surface area contributed by atoms with E-state index in [0.717, 1.165) is 61.8 Å². The van der Waals surface area contributed by atoms with Crippen LogP contribution < -0.4 is 9.47 Å². The van der Waals surface area contributed by atoms with Gasteiger partial charge in [0, 0.05) is 51.4 Å². The van der Waals surface area contributed by atoms with Gasteiger partial charge in [0.25, 0.3) is 0 Å². The lowest BCUT2D eigenvalue weighted by molar-refractivity contribution is 0.0499. The Labute approximate surface area is 166 Å². The molecule has 6 heteroatoms. The van der Waals surface area contributed by atoms with Crippen LogP contribution in [0.1, 0.15) is 17.5 Å². The third-order valence-corrected chi connectivity index (χ3v) is 5.26. The zero-order valence-electron chi connectivity index (χ0n) is 16.7. The first-order valence-electron chi connectivity index (χ1n) is 9.68. The van der Waals surface area contributed by atoms with Crippen LogP contribution in [0, 0.1) is 0 Å². The maximum Gasteiger partial charge on any atom is 0.122 e. The van der Waals surface area contributed by atoms with Crippen LogP contribution in [0.2, 0.25) is 0 Å². The fourth-order valence-electron chi connectivity index (χ4n) is 3.84. The predicted molar refractivity (Wildman–Crippen MR) is 109 cm³/mol. The fourth-order valence-corrected chi connectivity index (χ4v) is 3.84. The normalized spacial score (nSPS) is 18.2. The lowest BCUT2D eigenvalue weighted by atomic mass is 10.1. The Kier molecular flexibility index (Phi) is 7.14. The van der Waals surface area contributed by atoms with Gasteiger partial charge in [-0.3, -0.25) is 9.80 Å². The van der Waals surface area contributed by atoms with Gasteiger partial charge < -0.3 is 19.7 Å². The van der Waals surface area contributed by atoms with Crippen molar-refractivity contribution in [2.45, 2.75) is 25.6 Å². The Morgan fingerprint density at radius 1 is 0.964 bits per heavy atom. The van der Waals surface area contributed by atoms with Crippen LogP contribution in [-0.2, 0) is 13.1 Å². The molecule has 2 N–H and O–H groups in total. The SMILES string of the molecule is COc1cc(CN2CCN(Cc3cccc(O)c3)C[C@H]2CCO)cc(OC)c1. The van der Waals surface area contributed by atoms with Crippen LogP contribution in [0.15, 0.2) is 42.5 Å². The molecular formula is C22H30N2O4. The number of methoxy groups -OCH3 is 2. The van der Waals surface area contributed by atoms with Gasteiger partial charge in [-0.05, 0) is 41.8 Å². The first-order chi connectivity index (χ1) is 13.6. The number of hydrogen-bond acceptors (Lipinski definition) is 6. The van der Waals surface area contributed by atoms with Gasteiger partial charge in [0.05, 0.1) is 14.2 Å². The summed E-state index contributed by atoms with van der Waals surface area (Å²) in [5.74, 6) is 1.88. The summed E-state index contributed by atoms with van der Waals surface area (Å²) in [5.41, 5.74) is 2.24. The zero-order chi connectivity index (χ0) is 19.9. The van der Waals surface area contributed by atoms with Gasteiger partial charge in [-0.2, -0.15) is 0 Å². The molecule has 0 radical (unpaired) electrons. The minimum atomic E-state index is 0.169. The van der Waals surface area contributed by atoms with E-state index in [1.165, 1.54) is 0 Å². The molecule has 1 aliphatic heterocycles. The van der Waals surface area contributed by atoms with Crippen LogP contribution >= 0.6 is 0 Å². The number of benzene rings is 2. The molecule has 1 atom stereocenters. The lowest BCUT2D eigenvalue weighted by Crippen LogP contribution is -2.52. The molecule has 2 aromatic carbocycles. The summed E-state index contributed by atoms with van der Waals surface area (Å²) >= 11 is 0. The Balaban J connectivity index is 1.67. The van der Waals surface area contributed by atoms with E-state index in [1.54, 1.807) is 20.3 Å². The van der Waals surface area contributed by atoms with Gasteiger partial charge in [-0.15, -0.1) is 0 Å². The average molecular weight is 386 g/mol. The van der Waals surface area contributed by atoms with Crippen LogP contribution in [0.3, 0.4) is 0 Å². The molecule has 2 aromatic rings. The number of phenols is 1. The second-order valence-corrected chi connectivity index (χ2v) is 7.26. The molecule has 0 amide bonds. The van der Waals surface area contributed by atoms with Gasteiger partial charge in [0.1, 0.15) is 17.2 Å². The first kappa shape index (κ1) is 20.5. The van der Waals surface area contributed by atoms with Gasteiger partial charge in [-0.1, -0.05) is 12.1 Å². The van der Waals surface area contributed by atoms with Gasteiger partial charge in [-0.25, -0.2) is 0 Å². The van der Waals surface area contributed by atoms with Gasteiger partial charge >= 0.3 is 0 Å². The average Bonchev–Trinajstić information content (AvgIpc) is 2.70. The summed E-state index contributed by atoms with van der Waals surface area (Å²) in [7, 11) is 3.32. The number of aliphatic hydroxyl groups is 1. The monoisotopic (exact) mass is 386 g/mol. The Morgan fingerprint density at radius 3 is 2.36 bits per heavy atom. The van der Waals surface area contributed by atoms with E-state index in [0.29, 0.717) is 5.75 Å². The Morgan fingerprint density at radius 2 is 1.71 bits per heavy atom. The van der Waals surface area contributed by atoms with E-state index in [4.69, 9.17) is 9.47 Å². The lowest BCUT2D eigenvalue weighted by Gasteiger charge is -2.41. The molecule has 6 nitrogen and oxygen atoms in total. The highest BCUT2D eigenvalue weighted by Gasteiger charge is 2.27. The molecular weight excluding hydrogens is 356 g/mol. The molecule has 1 fully saturated rings. The van der Waals surface area contributed by atoms with Crippen molar-refractivity contribution in [2.24, 2.45) is 0 Å². The van der Waals surface area contributed by atoms with Crippen molar-refractivity contribution < 1.29 is 19.7 Å². The molecule has 0 saturated carbocycles. The van der Waals surface area contributed by atoms with Crippen LogP contribution in [0.25, 0.3) is 0 Å². The quantitative estimate of drug-likeness (QED) is 0.727. The van der Waals surface area contributed by atoms with Crippen LogP contribution in [0.5, 0.6) is 17.2 Å². The summed E-state index contributed by atoms with van der Waals surface area (Å²) in [4.78, 5) is 4.81. The maximum atomic E-state index is 9.69. The molecule has 1 aliphatic rings. The molecule has 1 saturated heterocycles. The Hall–Kier alpha value is -2.28. The number of aromatic hydroxyl groups is 1. The number of ether oxygens (including phenoxy) is 2. The van der Waals surface area contributed by atoms with E-state index < -0.39 is 0 Å². The number of rotatable bonds is 8. The first-order valence-corrected chi connectivity index (χ1v) is 9.68. The number of aliphatic hydroxyl groups excluding tert-OH is 1. The molecule has 28 heavy (non-hydrogen) atoms. The summed E-state index contributed by atoms with van der Waals surface area (Å²) in [6.45, 7) is 4.51. The largest absolute Gasteiger partial charge is 0.508 e. The molecule has 0 unspecified atom stereocenters. The predicted octanol–water partition coefficient (Wildman–Crippen LogP) is 2.48. The van der Waals surface area contributed by atoms with Crippen LogP contribution in [-0.4, -0.2) is 66.5 Å². The summed E-state index contributed by atoms with van der Waals surface area (Å²) in [6.07, 6.45) is 0.734. The minimum Gasteiger partial charge on any atom is -0.508 e. The van der Waals surface area contributed by atoms with Crippen molar-refractivity contribution in [1.82, 2.24) is 9.80 Å². The van der Waals surface area contributed by atoms with E-state index in [9.17, 15) is 10.2 Å². The molecule has 0 bridgehead atoms. The van der Waals surface area contributed by atoms with Crippen LogP contribution in [0.4, 0.5) is 0 Å². The van der Waals surface area contributed by atoms with Crippen molar-refractivity contribution >= 4 is 0 Å². The van der Waals surface area contributed by atoms with E-state index >= 15 is 0 Å². The smallest absolute Gasteiger partial charge is 0.122 e. The number of phenolic OH excluding ortho intramolecular Hbond substituents is 1. The number of hydrogen-bond donors (Lipinski definition) is 2. The van der Waals surface area contributed by atoms with E-state index in [1.807, 2.05) is 36.4 Å². The summed E-state index contributed by atoms with van der Waals surface area (Å²) in [5, 5.41) is 19.3. The van der Waals surface area contributed by atoms with E-state index in [2.05, 4.69) is 9.80 Å². The highest BCUT2D eigenvalue weighted by molar-refractivity contribution is 5.38. The third kappa shape index (κ3) is 5.38. The molecule has 0 spiro atoms. The van der Waals surface area contributed by atoms with Gasteiger partial charge in [0.2, 0.25) is 0 Å². The highest BCUT2D eigenvalue weighted by Crippen LogP contribution is 2.25. The molecule has 3 rings (SSSR count). The van der Waals surface area contributed by atoms with Crippen molar-refractivity contribution in [2.75, 3.05) is 40.5 Å². The third-order valence-electron chi connectivity index (χ3n) is 5.26. The molecule has 152 valence electrons. The minimum absolute atomic E-state index is 0.169. The molecule has 0 aromatic heterocycles. The summed E-state index contributed by atoms with van der Waals surface area (Å²) in [6, 6.07) is 13.7. The van der Waals surface area contributed by atoms with E-state index in [-0.39, 0.29) is 12.6 Å². The molecule has 1 heterocycles. The second-order valence-electron chi connectivity index (χ2n) is 7.26. The molecule has 0 aliphatic carbocycles. The second kappa shape index (κ2) is 9.78. The standard InChI is InChI=1S/C22H30N2O4/c1-27-21-11-18(12-22(13-21)28-2)15-24-8-7-23(16-19(24)6-9-25)14-17-4-3-5-20(26)10-17/h3-5,10-13,19,25-26H,6-9,14-16H2,1-2H3/t19-/m1/s1. The highest BCUT2D eigenvalue weighted by atomic mass is 16.5. The zero-order valence-corrected chi connectivity index (χ0v) is 16.7. The van der Waals surface area contributed by atoms with Crippen molar-refractivity contribution in [3.63, 3.8) is 0 Å².